The van der Waals surface area contributed by atoms with Crippen LogP contribution in [0.25, 0.3) is 0 Å². The normalized spacial score (nSPS) is 10.5. The number of hydrogen-bond donors (Lipinski definition) is 2. The number of rotatable bonds is 8. The van der Waals surface area contributed by atoms with Crippen LogP contribution in [0.1, 0.15) is 16.1 Å². The highest BCUT2D eigenvalue weighted by atomic mass is 32.2. The van der Waals surface area contributed by atoms with Crippen molar-refractivity contribution in [2.24, 2.45) is 0 Å². The molecule has 0 saturated carbocycles. The molecule has 0 aliphatic carbocycles. The molecule has 0 saturated heterocycles. The van der Waals surface area contributed by atoms with Crippen molar-refractivity contribution >= 4 is 41.0 Å². The third kappa shape index (κ3) is 5.68. The first-order chi connectivity index (χ1) is 13.7. The van der Waals surface area contributed by atoms with Crippen LogP contribution in [0.5, 0.6) is 0 Å². The summed E-state index contributed by atoms with van der Waals surface area (Å²) in [6, 6.07) is 18.5. The van der Waals surface area contributed by atoms with E-state index in [1.165, 1.54) is 11.8 Å². The Morgan fingerprint density at radius 3 is 2.50 bits per heavy atom. The van der Waals surface area contributed by atoms with Crippen LogP contribution in [0.2, 0.25) is 0 Å². The molecule has 2 N–H and O–H groups in total. The Labute approximate surface area is 172 Å². The van der Waals surface area contributed by atoms with Crippen molar-refractivity contribution in [3.63, 3.8) is 0 Å². The molecule has 0 aliphatic rings. The average molecular weight is 413 g/mol. The lowest BCUT2D eigenvalue weighted by Gasteiger charge is -2.10. The number of amides is 2. The minimum atomic E-state index is -0.198. The Bertz CT molecular complexity index is 925. The third-order valence-electron chi connectivity index (χ3n) is 3.88. The lowest BCUT2D eigenvalue weighted by Crippen LogP contribution is -2.24. The number of carbonyl (C=O) groups is 2. The van der Waals surface area contributed by atoms with Gasteiger partial charge in [0.1, 0.15) is 5.76 Å². The molecule has 3 aromatic rings. The van der Waals surface area contributed by atoms with E-state index in [2.05, 4.69) is 10.6 Å². The molecule has 2 aromatic carbocycles. The van der Waals surface area contributed by atoms with E-state index < -0.39 is 0 Å². The van der Waals surface area contributed by atoms with Gasteiger partial charge in [-0.3, -0.25) is 9.59 Å². The lowest BCUT2D eigenvalue weighted by molar-refractivity contribution is -0.118. The van der Waals surface area contributed by atoms with Crippen LogP contribution < -0.4 is 10.6 Å². The van der Waals surface area contributed by atoms with Gasteiger partial charge >= 0.3 is 0 Å². The second-order valence-electron chi connectivity index (χ2n) is 5.82. The summed E-state index contributed by atoms with van der Waals surface area (Å²) in [5, 5.41) is 5.71. The van der Waals surface area contributed by atoms with Crippen LogP contribution in [0.4, 0.5) is 5.69 Å². The van der Waals surface area contributed by atoms with E-state index in [9.17, 15) is 9.59 Å². The largest absolute Gasteiger partial charge is 0.467 e. The Balaban J connectivity index is 1.58. The second-order valence-corrected chi connectivity index (χ2v) is 7.72. The van der Waals surface area contributed by atoms with Crippen LogP contribution in [0.15, 0.2) is 81.1 Å². The molecule has 0 spiro atoms. The molecule has 2 amide bonds. The van der Waals surface area contributed by atoms with E-state index >= 15 is 0 Å². The fourth-order valence-electron chi connectivity index (χ4n) is 2.45. The number of nitrogens with one attached hydrogen (secondary N) is 2. The molecular weight excluding hydrogens is 392 g/mol. The summed E-state index contributed by atoms with van der Waals surface area (Å²) in [6.07, 6.45) is 3.57. The standard InChI is InChI=1S/C21H20N2O3S2/c1-27-17-10-8-15(9-11-17)23-21(25)18-6-2-3-7-19(18)28-14-20(24)22-13-16-5-4-12-26-16/h2-12H,13-14H2,1H3,(H,22,24)(H,23,25). The Hall–Kier alpha value is -2.64. The van der Waals surface area contributed by atoms with Crippen LogP contribution in [-0.4, -0.2) is 23.8 Å². The van der Waals surface area contributed by atoms with Crippen molar-refractivity contribution in [2.75, 3.05) is 17.3 Å². The smallest absolute Gasteiger partial charge is 0.256 e. The minimum Gasteiger partial charge on any atom is -0.467 e. The topological polar surface area (TPSA) is 71.3 Å². The lowest BCUT2D eigenvalue weighted by atomic mass is 10.2. The summed E-state index contributed by atoms with van der Waals surface area (Å²) < 4.78 is 5.19. The number of furan rings is 1. The molecule has 0 fully saturated rings. The maximum Gasteiger partial charge on any atom is 0.256 e. The van der Waals surface area contributed by atoms with Gasteiger partial charge in [-0.15, -0.1) is 23.5 Å². The minimum absolute atomic E-state index is 0.121. The fraction of sp³-hybridized carbons (Fsp3) is 0.143. The van der Waals surface area contributed by atoms with Gasteiger partial charge in [0.25, 0.3) is 5.91 Å². The van der Waals surface area contributed by atoms with Gasteiger partial charge in [0.15, 0.2) is 0 Å². The number of benzene rings is 2. The van der Waals surface area contributed by atoms with Gasteiger partial charge in [0.2, 0.25) is 5.91 Å². The van der Waals surface area contributed by atoms with E-state index in [1.807, 2.05) is 48.7 Å². The molecule has 144 valence electrons. The number of hydrogen-bond acceptors (Lipinski definition) is 5. The predicted molar refractivity (Wildman–Crippen MR) is 114 cm³/mol. The Morgan fingerprint density at radius 2 is 1.79 bits per heavy atom. The van der Waals surface area contributed by atoms with Crippen molar-refractivity contribution in [1.82, 2.24) is 5.32 Å². The van der Waals surface area contributed by atoms with Gasteiger partial charge in [-0.2, -0.15) is 0 Å². The van der Waals surface area contributed by atoms with E-state index in [0.717, 1.165) is 15.5 Å². The molecule has 3 rings (SSSR count). The van der Waals surface area contributed by atoms with Crippen LogP contribution in [0, 0.1) is 0 Å². The summed E-state index contributed by atoms with van der Waals surface area (Å²) in [6.45, 7) is 0.348. The summed E-state index contributed by atoms with van der Waals surface area (Å²) >= 11 is 2.98. The predicted octanol–water partition coefficient (Wildman–Crippen LogP) is 4.66. The van der Waals surface area contributed by atoms with Gasteiger partial charge in [0.05, 0.1) is 24.1 Å². The zero-order chi connectivity index (χ0) is 19.8. The van der Waals surface area contributed by atoms with Crippen LogP contribution in [0.3, 0.4) is 0 Å². The molecule has 0 radical (unpaired) electrons. The van der Waals surface area contributed by atoms with Crippen LogP contribution in [-0.2, 0) is 11.3 Å². The Morgan fingerprint density at radius 1 is 1.00 bits per heavy atom. The van der Waals surface area contributed by atoms with Gasteiger partial charge in [0, 0.05) is 15.5 Å². The number of thioether (sulfide) groups is 2. The summed E-state index contributed by atoms with van der Waals surface area (Å²) in [5.41, 5.74) is 1.28. The summed E-state index contributed by atoms with van der Waals surface area (Å²) in [4.78, 5) is 26.6. The zero-order valence-corrected chi connectivity index (χ0v) is 16.9. The molecule has 0 bridgehead atoms. The zero-order valence-electron chi connectivity index (χ0n) is 15.3. The average Bonchev–Trinajstić information content (AvgIpc) is 3.25. The number of carbonyl (C=O) groups excluding carboxylic acids is 2. The number of anilines is 1. The quantitative estimate of drug-likeness (QED) is 0.527. The molecular formula is C21H20N2O3S2. The molecule has 28 heavy (non-hydrogen) atoms. The highest BCUT2D eigenvalue weighted by molar-refractivity contribution is 8.00. The maximum atomic E-state index is 12.7. The molecule has 7 heteroatoms. The highest BCUT2D eigenvalue weighted by Gasteiger charge is 2.13. The van der Waals surface area contributed by atoms with Crippen molar-refractivity contribution in [2.45, 2.75) is 16.3 Å². The van der Waals surface area contributed by atoms with Crippen molar-refractivity contribution < 1.29 is 14.0 Å². The second kappa shape index (κ2) is 10.1. The van der Waals surface area contributed by atoms with Crippen LogP contribution >= 0.6 is 23.5 Å². The van der Waals surface area contributed by atoms with E-state index in [1.54, 1.807) is 36.2 Å². The van der Waals surface area contributed by atoms with E-state index in [4.69, 9.17) is 4.42 Å². The van der Waals surface area contributed by atoms with Gasteiger partial charge in [-0.25, -0.2) is 0 Å². The highest BCUT2D eigenvalue weighted by Crippen LogP contribution is 2.24. The SMILES string of the molecule is CSc1ccc(NC(=O)c2ccccc2SCC(=O)NCc2ccco2)cc1. The first-order valence-corrected chi connectivity index (χ1v) is 10.8. The Kier molecular flexibility index (Phi) is 7.22. The molecule has 1 heterocycles. The first-order valence-electron chi connectivity index (χ1n) is 8.62. The summed E-state index contributed by atoms with van der Waals surface area (Å²) in [7, 11) is 0. The molecule has 0 aliphatic heterocycles. The molecule has 1 aromatic heterocycles. The summed E-state index contributed by atoms with van der Waals surface area (Å²) in [5.74, 6) is 0.596. The van der Waals surface area contributed by atoms with Gasteiger partial charge < -0.3 is 15.1 Å². The van der Waals surface area contributed by atoms with Crippen molar-refractivity contribution in [1.29, 1.82) is 0 Å². The molecule has 5 nitrogen and oxygen atoms in total. The fourth-order valence-corrected chi connectivity index (χ4v) is 3.73. The monoisotopic (exact) mass is 412 g/mol. The van der Waals surface area contributed by atoms with Crippen molar-refractivity contribution in [3.8, 4) is 0 Å². The van der Waals surface area contributed by atoms with Gasteiger partial charge in [-0.1, -0.05) is 12.1 Å². The van der Waals surface area contributed by atoms with Crippen molar-refractivity contribution in [3.05, 3.63) is 78.3 Å². The first kappa shape index (κ1) is 20.1. The molecule has 0 unspecified atom stereocenters. The third-order valence-corrected chi connectivity index (χ3v) is 5.70. The maximum absolute atomic E-state index is 12.7. The van der Waals surface area contributed by atoms with E-state index in [-0.39, 0.29) is 17.6 Å². The van der Waals surface area contributed by atoms with E-state index in [0.29, 0.717) is 17.9 Å². The molecule has 0 atom stereocenters. The van der Waals surface area contributed by atoms with Gasteiger partial charge in [-0.05, 0) is 54.8 Å².